The number of nitrogens with zero attached hydrogens (tertiary/aromatic N) is 1. The molecule has 1 aliphatic heterocycles. The van der Waals surface area contributed by atoms with Crippen LogP contribution in [0.3, 0.4) is 0 Å². The van der Waals surface area contributed by atoms with E-state index in [-0.39, 0.29) is 24.7 Å². The molecule has 138 valence electrons. The molecule has 0 unspecified atom stereocenters. The smallest absolute Gasteiger partial charge is 0.316 e. The van der Waals surface area contributed by atoms with Crippen LogP contribution in [0.4, 0.5) is 0 Å². The largest absolute Gasteiger partial charge is 0.493 e. The highest BCUT2D eigenvalue weighted by molar-refractivity contribution is 8.03. The third-order valence-corrected chi connectivity index (χ3v) is 4.80. The molecule has 0 saturated carbocycles. The van der Waals surface area contributed by atoms with E-state index in [1.54, 1.807) is 25.1 Å². The van der Waals surface area contributed by atoms with Gasteiger partial charge in [-0.3, -0.25) is 9.59 Å². The van der Waals surface area contributed by atoms with Gasteiger partial charge in [0.2, 0.25) is 5.91 Å². The molecule has 1 heterocycles. The summed E-state index contributed by atoms with van der Waals surface area (Å²) in [6.45, 7) is 2.00. The molecule has 8 heteroatoms. The lowest BCUT2D eigenvalue weighted by atomic mass is 9.87. The molecule has 1 amide bonds. The SMILES string of the molecule is CCOC(=O)CSC1=C(C#N)[C@H](c2ccc(OC)c(OC)c2)CC(=O)N1. The van der Waals surface area contributed by atoms with Gasteiger partial charge in [-0.1, -0.05) is 17.8 Å². The lowest BCUT2D eigenvalue weighted by molar-refractivity contribution is -0.139. The zero-order valence-electron chi connectivity index (χ0n) is 14.8. The van der Waals surface area contributed by atoms with Crippen LogP contribution in [-0.2, 0) is 14.3 Å². The van der Waals surface area contributed by atoms with Crippen LogP contribution in [0.15, 0.2) is 28.8 Å². The second-order valence-corrected chi connectivity index (χ2v) is 6.35. The lowest BCUT2D eigenvalue weighted by Gasteiger charge is -2.25. The van der Waals surface area contributed by atoms with Crippen molar-refractivity contribution < 1.29 is 23.8 Å². The number of hydrogen-bond acceptors (Lipinski definition) is 7. The van der Waals surface area contributed by atoms with Gasteiger partial charge in [-0.05, 0) is 24.6 Å². The number of allylic oxidation sites excluding steroid dienone is 1. The molecule has 26 heavy (non-hydrogen) atoms. The summed E-state index contributed by atoms with van der Waals surface area (Å²) in [4.78, 5) is 23.7. The molecule has 1 aromatic carbocycles. The Morgan fingerprint density at radius 1 is 1.35 bits per heavy atom. The minimum Gasteiger partial charge on any atom is -0.493 e. The number of nitriles is 1. The molecular formula is C18H20N2O5S. The van der Waals surface area contributed by atoms with Crippen molar-refractivity contribution in [3.8, 4) is 17.6 Å². The van der Waals surface area contributed by atoms with E-state index in [2.05, 4.69) is 11.4 Å². The van der Waals surface area contributed by atoms with E-state index in [0.717, 1.165) is 17.3 Å². The van der Waals surface area contributed by atoms with E-state index >= 15 is 0 Å². The van der Waals surface area contributed by atoms with Gasteiger partial charge in [-0.2, -0.15) is 5.26 Å². The molecule has 0 aromatic heterocycles. The predicted molar refractivity (Wildman–Crippen MR) is 96.8 cm³/mol. The molecular weight excluding hydrogens is 356 g/mol. The highest BCUT2D eigenvalue weighted by Gasteiger charge is 2.30. The Morgan fingerprint density at radius 2 is 2.08 bits per heavy atom. The van der Waals surface area contributed by atoms with Crippen molar-refractivity contribution in [1.82, 2.24) is 5.32 Å². The first-order valence-electron chi connectivity index (χ1n) is 7.98. The summed E-state index contributed by atoms with van der Waals surface area (Å²) in [6.07, 6.45) is 0.141. The summed E-state index contributed by atoms with van der Waals surface area (Å²) in [5, 5.41) is 12.7. The average Bonchev–Trinajstić information content (AvgIpc) is 2.65. The van der Waals surface area contributed by atoms with Crippen molar-refractivity contribution in [2.24, 2.45) is 0 Å². The molecule has 0 saturated heterocycles. The fraction of sp³-hybridized carbons (Fsp3) is 0.389. The average molecular weight is 376 g/mol. The number of rotatable bonds is 7. The van der Waals surface area contributed by atoms with Gasteiger partial charge in [0.15, 0.2) is 11.5 Å². The fourth-order valence-electron chi connectivity index (χ4n) is 2.62. The van der Waals surface area contributed by atoms with E-state index < -0.39 is 11.9 Å². The number of benzene rings is 1. The molecule has 1 N–H and O–H groups in total. The number of methoxy groups -OCH3 is 2. The van der Waals surface area contributed by atoms with Gasteiger partial charge < -0.3 is 19.5 Å². The van der Waals surface area contributed by atoms with Crippen LogP contribution in [0, 0.1) is 11.3 Å². The number of carbonyl (C=O) groups is 2. The lowest BCUT2D eigenvalue weighted by Crippen LogP contribution is -2.31. The van der Waals surface area contributed by atoms with Crippen LogP contribution in [0.25, 0.3) is 0 Å². The monoisotopic (exact) mass is 376 g/mol. The third-order valence-electron chi connectivity index (χ3n) is 3.81. The van der Waals surface area contributed by atoms with Gasteiger partial charge >= 0.3 is 5.97 Å². The Labute approximate surface area is 156 Å². The standard InChI is InChI=1S/C18H20N2O5S/c1-4-25-17(22)10-26-18-13(9-19)12(8-16(21)20-18)11-5-6-14(23-2)15(7-11)24-3/h5-7,12H,4,8,10H2,1-3H3,(H,20,21)/t12-/m0/s1. The number of nitrogens with one attached hydrogen (secondary N) is 1. The van der Waals surface area contributed by atoms with E-state index in [4.69, 9.17) is 14.2 Å². The molecule has 1 aromatic rings. The maximum atomic E-state index is 12.1. The fourth-order valence-corrected chi connectivity index (χ4v) is 3.50. The molecule has 7 nitrogen and oxygen atoms in total. The van der Waals surface area contributed by atoms with Crippen molar-refractivity contribution in [3.05, 3.63) is 34.4 Å². The molecule has 0 bridgehead atoms. The topological polar surface area (TPSA) is 97.7 Å². The van der Waals surface area contributed by atoms with Crippen LogP contribution in [0.1, 0.15) is 24.8 Å². The van der Waals surface area contributed by atoms with Crippen LogP contribution < -0.4 is 14.8 Å². The minimum atomic E-state index is -0.418. The highest BCUT2D eigenvalue weighted by Crippen LogP contribution is 2.39. The Balaban J connectivity index is 2.34. The van der Waals surface area contributed by atoms with E-state index in [9.17, 15) is 14.9 Å². The summed E-state index contributed by atoms with van der Waals surface area (Å²) in [6, 6.07) is 7.46. The van der Waals surface area contributed by atoms with Gasteiger partial charge in [0.25, 0.3) is 0 Å². The van der Waals surface area contributed by atoms with Crippen LogP contribution >= 0.6 is 11.8 Å². The normalized spacial score (nSPS) is 16.5. The summed E-state index contributed by atoms with van der Waals surface area (Å²) in [5.41, 5.74) is 1.18. The zero-order chi connectivity index (χ0) is 19.1. The second-order valence-electron chi connectivity index (χ2n) is 5.37. The Kier molecular flexibility index (Phi) is 6.92. The van der Waals surface area contributed by atoms with Crippen LogP contribution in [-0.4, -0.2) is 38.5 Å². The van der Waals surface area contributed by atoms with Crippen LogP contribution in [0.5, 0.6) is 11.5 Å². The Morgan fingerprint density at radius 3 is 2.69 bits per heavy atom. The Bertz CT molecular complexity index is 769. The number of thioether (sulfide) groups is 1. The molecule has 2 rings (SSSR count). The first-order chi connectivity index (χ1) is 12.5. The van der Waals surface area contributed by atoms with Gasteiger partial charge in [0.05, 0.1) is 43.3 Å². The molecule has 1 aliphatic rings. The maximum Gasteiger partial charge on any atom is 0.316 e. The van der Waals surface area contributed by atoms with Crippen molar-refractivity contribution in [2.45, 2.75) is 19.3 Å². The van der Waals surface area contributed by atoms with E-state index in [0.29, 0.717) is 22.1 Å². The van der Waals surface area contributed by atoms with Gasteiger partial charge in [0.1, 0.15) is 0 Å². The molecule has 0 aliphatic carbocycles. The van der Waals surface area contributed by atoms with Gasteiger partial charge in [-0.25, -0.2) is 0 Å². The van der Waals surface area contributed by atoms with Gasteiger partial charge in [-0.15, -0.1) is 0 Å². The van der Waals surface area contributed by atoms with Crippen LogP contribution in [0.2, 0.25) is 0 Å². The van der Waals surface area contributed by atoms with Crippen molar-refractivity contribution >= 4 is 23.6 Å². The zero-order valence-corrected chi connectivity index (χ0v) is 15.6. The summed E-state index contributed by atoms with van der Waals surface area (Å²) in [5.74, 6) is 0.0795. The minimum absolute atomic E-state index is 0.0211. The Hall–Kier alpha value is -2.66. The third kappa shape index (κ3) is 4.49. The first-order valence-corrected chi connectivity index (χ1v) is 8.97. The number of amides is 1. The van der Waals surface area contributed by atoms with Crippen molar-refractivity contribution in [1.29, 1.82) is 5.26 Å². The predicted octanol–water partition coefficient (Wildman–Crippen LogP) is 2.34. The molecule has 0 radical (unpaired) electrons. The van der Waals surface area contributed by atoms with Gasteiger partial charge in [0, 0.05) is 12.3 Å². The second kappa shape index (κ2) is 9.15. The molecule has 0 spiro atoms. The summed E-state index contributed by atoms with van der Waals surface area (Å²) >= 11 is 1.09. The van der Waals surface area contributed by atoms with Crippen molar-refractivity contribution in [2.75, 3.05) is 26.6 Å². The number of esters is 1. The molecule has 1 atom stereocenters. The summed E-state index contributed by atoms with van der Waals surface area (Å²) < 4.78 is 15.4. The van der Waals surface area contributed by atoms with E-state index in [1.165, 1.54) is 14.2 Å². The number of ether oxygens (including phenoxy) is 3. The maximum absolute atomic E-state index is 12.1. The quantitative estimate of drug-likeness (QED) is 0.729. The summed E-state index contributed by atoms with van der Waals surface area (Å²) in [7, 11) is 3.06. The molecule has 0 fully saturated rings. The number of carbonyl (C=O) groups excluding carboxylic acids is 2. The highest BCUT2D eigenvalue weighted by atomic mass is 32.2. The van der Waals surface area contributed by atoms with E-state index in [1.807, 2.05) is 0 Å². The van der Waals surface area contributed by atoms with Crippen molar-refractivity contribution in [3.63, 3.8) is 0 Å². The number of hydrogen-bond donors (Lipinski definition) is 1. The first kappa shape index (κ1) is 19.7.